The molecule has 1 aliphatic rings. The van der Waals surface area contributed by atoms with Gasteiger partial charge < -0.3 is 14.6 Å². The minimum Gasteiger partial charge on any atom is -0.462 e. The number of nitrogens with zero attached hydrogens (tertiary/aromatic N) is 1. The number of carbonyl (C=O) groups excluding carboxylic acids is 2. The number of fused-ring (bicyclic) bond motifs is 2. The number of carbonyl (C=O) groups is 2. The average molecular weight is 389 g/mol. The zero-order valence-electron chi connectivity index (χ0n) is 14.8. The quantitative estimate of drug-likeness (QED) is 0.664. The van der Waals surface area contributed by atoms with Gasteiger partial charge in [-0.2, -0.15) is 0 Å². The van der Waals surface area contributed by atoms with Gasteiger partial charge in [-0.3, -0.25) is 4.79 Å². The van der Waals surface area contributed by atoms with Gasteiger partial charge in [-0.25, -0.2) is 4.79 Å². The molecule has 7 heteroatoms. The molecule has 0 radical (unpaired) electrons. The van der Waals surface area contributed by atoms with Crippen molar-refractivity contribution in [1.82, 2.24) is 4.57 Å². The van der Waals surface area contributed by atoms with E-state index in [0.717, 1.165) is 41.5 Å². The van der Waals surface area contributed by atoms with E-state index in [2.05, 4.69) is 5.32 Å². The monoisotopic (exact) mass is 388 g/mol. The Labute approximate surface area is 159 Å². The smallest absolute Gasteiger partial charge is 0.341 e. The molecular formula is C19H20N2O3S2. The predicted octanol–water partition coefficient (Wildman–Crippen LogP) is 4.61. The van der Waals surface area contributed by atoms with Gasteiger partial charge in [0.25, 0.3) is 5.91 Å². The van der Waals surface area contributed by atoms with Gasteiger partial charge in [0.2, 0.25) is 0 Å². The molecule has 0 bridgehead atoms. The summed E-state index contributed by atoms with van der Waals surface area (Å²) in [6.45, 7) is 2.12. The number of ether oxygens (including phenoxy) is 1. The molecule has 0 fully saturated rings. The van der Waals surface area contributed by atoms with E-state index in [1.807, 2.05) is 29.1 Å². The summed E-state index contributed by atoms with van der Waals surface area (Å²) in [6.07, 6.45) is 4.02. The summed E-state index contributed by atoms with van der Waals surface area (Å²) in [4.78, 5) is 26.6. The highest BCUT2D eigenvalue weighted by molar-refractivity contribution is 7.17. The Morgan fingerprint density at radius 1 is 1.31 bits per heavy atom. The molecule has 0 saturated heterocycles. The standard InChI is InChI=1S/C19H20N2O3S2/c1-3-24-19(23)16-11-6-4-5-7-14(11)26-18(16)20-17(22)13-10-15-12(21(13)2)8-9-25-15/h8-10H,3-7H2,1-2H3,(H,20,22). The van der Waals surface area contributed by atoms with Crippen molar-refractivity contribution in [2.75, 3.05) is 11.9 Å². The van der Waals surface area contributed by atoms with E-state index in [0.29, 0.717) is 22.9 Å². The van der Waals surface area contributed by atoms with Crippen LogP contribution in [0.5, 0.6) is 0 Å². The minimum absolute atomic E-state index is 0.194. The van der Waals surface area contributed by atoms with Crippen LogP contribution in [0, 0.1) is 0 Å². The molecule has 1 aliphatic carbocycles. The summed E-state index contributed by atoms with van der Waals surface area (Å²) in [5, 5.41) is 5.61. The molecule has 1 amide bonds. The SMILES string of the molecule is CCOC(=O)c1c(NC(=O)c2cc3sccc3n2C)sc2c1CCCC2. The summed E-state index contributed by atoms with van der Waals surface area (Å²) in [7, 11) is 1.88. The third kappa shape index (κ3) is 2.85. The molecule has 3 aromatic rings. The Morgan fingerprint density at radius 2 is 2.12 bits per heavy atom. The van der Waals surface area contributed by atoms with Gasteiger partial charge in [-0.15, -0.1) is 22.7 Å². The normalized spacial score (nSPS) is 13.6. The molecule has 3 heterocycles. The lowest BCUT2D eigenvalue weighted by molar-refractivity contribution is 0.0526. The summed E-state index contributed by atoms with van der Waals surface area (Å²) in [6, 6.07) is 3.90. The second-order valence-corrected chi connectivity index (χ2v) is 8.40. The maximum Gasteiger partial charge on any atom is 0.341 e. The first-order chi connectivity index (χ1) is 12.6. The highest BCUT2D eigenvalue weighted by Gasteiger charge is 2.28. The van der Waals surface area contributed by atoms with Gasteiger partial charge in [0.15, 0.2) is 0 Å². The summed E-state index contributed by atoms with van der Waals surface area (Å²) in [5.74, 6) is -0.532. The lowest BCUT2D eigenvalue weighted by Crippen LogP contribution is -2.17. The second-order valence-electron chi connectivity index (χ2n) is 6.35. The van der Waals surface area contributed by atoms with Crippen molar-refractivity contribution in [3.63, 3.8) is 0 Å². The fourth-order valence-electron chi connectivity index (χ4n) is 3.51. The van der Waals surface area contributed by atoms with Gasteiger partial charge in [0.05, 0.1) is 22.4 Å². The Hall–Kier alpha value is -2.12. The summed E-state index contributed by atoms with van der Waals surface area (Å²) in [5.41, 5.74) is 3.24. The molecule has 0 spiro atoms. The van der Waals surface area contributed by atoms with Gasteiger partial charge in [-0.05, 0) is 55.7 Å². The van der Waals surface area contributed by atoms with E-state index in [-0.39, 0.29) is 11.9 Å². The number of anilines is 1. The number of hydrogen-bond acceptors (Lipinski definition) is 5. The van der Waals surface area contributed by atoms with Gasteiger partial charge in [0, 0.05) is 11.9 Å². The maximum absolute atomic E-state index is 12.9. The van der Waals surface area contributed by atoms with Crippen molar-refractivity contribution in [3.05, 3.63) is 39.2 Å². The van der Waals surface area contributed by atoms with Crippen LogP contribution in [0.1, 0.15) is 51.1 Å². The van der Waals surface area contributed by atoms with Crippen molar-refractivity contribution in [2.45, 2.75) is 32.6 Å². The van der Waals surface area contributed by atoms with Gasteiger partial charge >= 0.3 is 5.97 Å². The predicted molar refractivity (Wildman–Crippen MR) is 106 cm³/mol. The Morgan fingerprint density at radius 3 is 2.88 bits per heavy atom. The lowest BCUT2D eigenvalue weighted by Gasteiger charge is -2.12. The number of aromatic nitrogens is 1. The van der Waals surface area contributed by atoms with E-state index in [1.165, 1.54) is 16.2 Å². The van der Waals surface area contributed by atoms with Crippen LogP contribution >= 0.6 is 22.7 Å². The summed E-state index contributed by atoms with van der Waals surface area (Å²) >= 11 is 3.12. The van der Waals surface area contributed by atoms with Crippen molar-refractivity contribution in [1.29, 1.82) is 0 Å². The first-order valence-electron chi connectivity index (χ1n) is 8.76. The zero-order valence-corrected chi connectivity index (χ0v) is 16.4. The maximum atomic E-state index is 12.9. The number of aryl methyl sites for hydroxylation is 2. The molecule has 3 aromatic heterocycles. The molecular weight excluding hydrogens is 368 g/mol. The lowest BCUT2D eigenvalue weighted by atomic mass is 9.95. The highest BCUT2D eigenvalue weighted by Crippen LogP contribution is 2.39. The van der Waals surface area contributed by atoms with E-state index in [1.54, 1.807) is 18.3 Å². The average Bonchev–Trinajstić information content (AvgIpc) is 3.29. The fourth-order valence-corrected chi connectivity index (χ4v) is 5.63. The number of hydrogen-bond donors (Lipinski definition) is 1. The molecule has 136 valence electrons. The van der Waals surface area contributed by atoms with Crippen molar-refractivity contribution >= 4 is 49.8 Å². The van der Waals surface area contributed by atoms with Crippen LogP contribution in [-0.4, -0.2) is 23.1 Å². The molecule has 0 aliphatic heterocycles. The van der Waals surface area contributed by atoms with Crippen molar-refractivity contribution < 1.29 is 14.3 Å². The third-order valence-electron chi connectivity index (χ3n) is 4.77. The summed E-state index contributed by atoms with van der Waals surface area (Å²) < 4.78 is 8.22. The number of nitrogens with one attached hydrogen (secondary N) is 1. The van der Waals surface area contributed by atoms with Crippen molar-refractivity contribution in [3.8, 4) is 0 Å². The molecule has 0 saturated carbocycles. The molecule has 1 N–H and O–H groups in total. The third-order valence-corrected chi connectivity index (χ3v) is 6.83. The van der Waals surface area contributed by atoms with Crippen LogP contribution in [0.3, 0.4) is 0 Å². The van der Waals surface area contributed by atoms with Crippen LogP contribution < -0.4 is 5.32 Å². The van der Waals surface area contributed by atoms with Crippen LogP contribution in [0.4, 0.5) is 5.00 Å². The second kappa shape index (κ2) is 6.89. The van der Waals surface area contributed by atoms with Crippen LogP contribution in [0.15, 0.2) is 17.5 Å². The number of esters is 1. The van der Waals surface area contributed by atoms with Crippen LogP contribution in [0.25, 0.3) is 10.2 Å². The molecule has 5 nitrogen and oxygen atoms in total. The topological polar surface area (TPSA) is 60.3 Å². The van der Waals surface area contributed by atoms with Crippen LogP contribution in [-0.2, 0) is 24.6 Å². The number of amides is 1. The number of thiophene rings is 2. The Bertz CT molecular complexity index is 996. The van der Waals surface area contributed by atoms with Gasteiger partial charge in [-0.1, -0.05) is 0 Å². The van der Waals surface area contributed by atoms with E-state index in [4.69, 9.17) is 4.74 Å². The molecule has 26 heavy (non-hydrogen) atoms. The van der Waals surface area contributed by atoms with Crippen LogP contribution in [0.2, 0.25) is 0 Å². The highest BCUT2D eigenvalue weighted by atomic mass is 32.1. The molecule has 4 rings (SSSR count). The van der Waals surface area contributed by atoms with Gasteiger partial charge in [0.1, 0.15) is 10.7 Å². The largest absolute Gasteiger partial charge is 0.462 e. The van der Waals surface area contributed by atoms with E-state index >= 15 is 0 Å². The first-order valence-corrected chi connectivity index (χ1v) is 10.5. The Kier molecular flexibility index (Phi) is 4.58. The zero-order chi connectivity index (χ0) is 18.3. The fraction of sp³-hybridized carbons (Fsp3) is 0.368. The first kappa shape index (κ1) is 17.3. The molecule has 0 atom stereocenters. The Balaban J connectivity index is 1.69. The molecule has 0 unspecified atom stereocenters. The van der Waals surface area contributed by atoms with E-state index in [9.17, 15) is 9.59 Å². The van der Waals surface area contributed by atoms with Crippen molar-refractivity contribution in [2.24, 2.45) is 7.05 Å². The van der Waals surface area contributed by atoms with E-state index < -0.39 is 0 Å². The minimum atomic E-state index is -0.338. The molecule has 0 aromatic carbocycles. The number of rotatable bonds is 4.